The van der Waals surface area contributed by atoms with Crippen molar-refractivity contribution in [2.24, 2.45) is 5.73 Å². The van der Waals surface area contributed by atoms with Crippen LogP contribution in [0.15, 0.2) is 0 Å². The van der Waals surface area contributed by atoms with Gasteiger partial charge in [0.2, 0.25) is 5.91 Å². The smallest absolute Gasteiger partial charge is 0.234 e. The van der Waals surface area contributed by atoms with Crippen molar-refractivity contribution in [3.05, 3.63) is 0 Å². The normalized spacial score (nSPS) is 19.6. The monoisotopic (exact) mass is 284 g/mol. The highest BCUT2D eigenvalue weighted by Gasteiger charge is 2.17. The zero-order valence-electron chi connectivity index (χ0n) is 13.2. The lowest BCUT2D eigenvalue weighted by atomic mass is 10.2. The summed E-state index contributed by atoms with van der Waals surface area (Å²) in [4.78, 5) is 16.7. The summed E-state index contributed by atoms with van der Waals surface area (Å²) >= 11 is 0. The Kier molecular flexibility index (Phi) is 8.82. The fourth-order valence-electron chi connectivity index (χ4n) is 2.51. The Labute approximate surface area is 123 Å². The largest absolute Gasteiger partial charge is 0.353 e. The molecule has 118 valence electrons. The Balaban J connectivity index is 2.24. The second kappa shape index (κ2) is 10.1. The first kappa shape index (κ1) is 17.4. The van der Waals surface area contributed by atoms with Crippen LogP contribution in [0.3, 0.4) is 0 Å². The van der Waals surface area contributed by atoms with Crippen LogP contribution in [-0.4, -0.2) is 67.6 Å². The first-order chi connectivity index (χ1) is 9.65. The molecule has 0 aromatic heterocycles. The molecule has 0 aromatic rings. The maximum atomic E-state index is 11.9. The quantitative estimate of drug-likeness (QED) is 0.643. The van der Waals surface area contributed by atoms with E-state index in [2.05, 4.69) is 29.0 Å². The molecule has 1 rings (SSSR count). The molecule has 1 amide bonds. The zero-order valence-corrected chi connectivity index (χ0v) is 13.2. The van der Waals surface area contributed by atoms with E-state index in [1.54, 1.807) is 0 Å². The van der Waals surface area contributed by atoms with Crippen molar-refractivity contribution in [3.63, 3.8) is 0 Å². The molecule has 20 heavy (non-hydrogen) atoms. The molecule has 0 spiro atoms. The number of nitrogens with one attached hydrogen (secondary N) is 1. The van der Waals surface area contributed by atoms with Gasteiger partial charge in [-0.2, -0.15) is 0 Å². The molecule has 1 aliphatic heterocycles. The van der Waals surface area contributed by atoms with E-state index >= 15 is 0 Å². The van der Waals surface area contributed by atoms with Crippen molar-refractivity contribution in [2.45, 2.75) is 45.6 Å². The van der Waals surface area contributed by atoms with E-state index in [1.807, 2.05) is 0 Å². The van der Waals surface area contributed by atoms with E-state index < -0.39 is 0 Å². The molecular formula is C15H32N4O. The molecule has 1 heterocycles. The zero-order chi connectivity index (χ0) is 14.8. The molecule has 1 aliphatic rings. The highest BCUT2D eigenvalue weighted by Crippen LogP contribution is 2.04. The Morgan fingerprint density at radius 1 is 1.20 bits per heavy atom. The Hall–Kier alpha value is -0.650. The standard InChI is InChI=1S/C15H32N4O/c1-3-14(2)17-15(20)13-19-10-6-9-18(11-12-19)8-5-4-7-16/h14H,3-13,16H2,1-2H3,(H,17,20). The van der Waals surface area contributed by atoms with Gasteiger partial charge in [-0.25, -0.2) is 0 Å². The van der Waals surface area contributed by atoms with E-state index in [0.29, 0.717) is 6.54 Å². The van der Waals surface area contributed by atoms with Crippen molar-refractivity contribution in [1.29, 1.82) is 0 Å². The van der Waals surface area contributed by atoms with Crippen LogP contribution in [0.25, 0.3) is 0 Å². The lowest BCUT2D eigenvalue weighted by molar-refractivity contribution is -0.122. The van der Waals surface area contributed by atoms with Gasteiger partial charge in [0.25, 0.3) is 0 Å². The molecule has 0 saturated carbocycles. The second-order valence-electron chi connectivity index (χ2n) is 5.84. The SMILES string of the molecule is CCC(C)NC(=O)CN1CCCN(CCCCN)CC1. The first-order valence-corrected chi connectivity index (χ1v) is 8.09. The minimum absolute atomic E-state index is 0.163. The van der Waals surface area contributed by atoms with E-state index in [1.165, 1.54) is 6.42 Å². The van der Waals surface area contributed by atoms with Gasteiger partial charge in [-0.3, -0.25) is 9.69 Å². The van der Waals surface area contributed by atoms with Gasteiger partial charge in [0, 0.05) is 19.1 Å². The summed E-state index contributed by atoms with van der Waals surface area (Å²) in [5.74, 6) is 0.163. The van der Waals surface area contributed by atoms with E-state index in [9.17, 15) is 4.79 Å². The molecule has 0 aliphatic carbocycles. The van der Waals surface area contributed by atoms with Crippen molar-refractivity contribution in [2.75, 3.05) is 45.8 Å². The van der Waals surface area contributed by atoms with Crippen LogP contribution in [0.5, 0.6) is 0 Å². The lowest BCUT2D eigenvalue weighted by Gasteiger charge is -2.22. The van der Waals surface area contributed by atoms with Crippen molar-refractivity contribution in [3.8, 4) is 0 Å². The van der Waals surface area contributed by atoms with Crippen LogP contribution in [0.2, 0.25) is 0 Å². The van der Waals surface area contributed by atoms with Gasteiger partial charge < -0.3 is 16.0 Å². The van der Waals surface area contributed by atoms with Crippen LogP contribution in [0.1, 0.15) is 39.5 Å². The van der Waals surface area contributed by atoms with E-state index in [-0.39, 0.29) is 11.9 Å². The van der Waals surface area contributed by atoms with Crippen LogP contribution < -0.4 is 11.1 Å². The summed E-state index contributed by atoms with van der Waals surface area (Å²) in [6.45, 7) is 10.9. The van der Waals surface area contributed by atoms with Crippen LogP contribution in [-0.2, 0) is 4.79 Å². The van der Waals surface area contributed by atoms with Gasteiger partial charge in [-0.05, 0) is 58.8 Å². The van der Waals surface area contributed by atoms with Crippen molar-refractivity contribution >= 4 is 5.91 Å². The summed E-state index contributed by atoms with van der Waals surface area (Å²) in [5.41, 5.74) is 5.53. The lowest BCUT2D eigenvalue weighted by Crippen LogP contribution is -2.42. The number of nitrogens with zero attached hydrogens (tertiary/aromatic N) is 2. The maximum Gasteiger partial charge on any atom is 0.234 e. The molecule has 1 atom stereocenters. The summed E-state index contributed by atoms with van der Waals surface area (Å²) in [6.07, 6.45) is 4.43. The third kappa shape index (κ3) is 7.22. The number of hydrogen-bond donors (Lipinski definition) is 2. The van der Waals surface area contributed by atoms with Crippen molar-refractivity contribution in [1.82, 2.24) is 15.1 Å². The summed E-state index contributed by atoms with van der Waals surface area (Å²) in [7, 11) is 0. The summed E-state index contributed by atoms with van der Waals surface area (Å²) in [6, 6.07) is 0.280. The molecule has 0 aromatic carbocycles. The number of unbranched alkanes of at least 4 members (excludes halogenated alkanes) is 1. The highest BCUT2D eigenvalue weighted by atomic mass is 16.2. The van der Waals surface area contributed by atoms with E-state index in [4.69, 9.17) is 5.73 Å². The number of carbonyl (C=O) groups excluding carboxylic acids is 1. The Bertz CT molecular complexity index is 273. The van der Waals surface area contributed by atoms with Gasteiger partial charge in [0.15, 0.2) is 0 Å². The topological polar surface area (TPSA) is 61.6 Å². The van der Waals surface area contributed by atoms with Crippen LogP contribution in [0.4, 0.5) is 0 Å². The summed E-state index contributed by atoms with van der Waals surface area (Å²) < 4.78 is 0. The van der Waals surface area contributed by atoms with Gasteiger partial charge in [-0.15, -0.1) is 0 Å². The minimum Gasteiger partial charge on any atom is -0.353 e. The van der Waals surface area contributed by atoms with Crippen LogP contribution >= 0.6 is 0 Å². The Morgan fingerprint density at radius 2 is 1.90 bits per heavy atom. The van der Waals surface area contributed by atoms with Crippen LogP contribution in [0, 0.1) is 0 Å². The average Bonchev–Trinajstić information content (AvgIpc) is 2.64. The molecule has 5 nitrogen and oxygen atoms in total. The van der Waals surface area contributed by atoms with Gasteiger partial charge in [-0.1, -0.05) is 6.92 Å². The maximum absolute atomic E-state index is 11.9. The highest BCUT2D eigenvalue weighted by molar-refractivity contribution is 5.78. The number of nitrogens with two attached hydrogens (primary N) is 1. The first-order valence-electron chi connectivity index (χ1n) is 8.09. The number of hydrogen-bond acceptors (Lipinski definition) is 4. The number of carbonyl (C=O) groups is 1. The van der Waals surface area contributed by atoms with E-state index in [0.717, 1.165) is 58.5 Å². The fraction of sp³-hybridized carbons (Fsp3) is 0.933. The average molecular weight is 284 g/mol. The second-order valence-corrected chi connectivity index (χ2v) is 5.84. The molecule has 1 saturated heterocycles. The molecule has 5 heteroatoms. The third-order valence-electron chi connectivity index (χ3n) is 4.00. The van der Waals surface area contributed by atoms with Gasteiger partial charge in [0.05, 0.1) is 6.54 Å². The molecule has 3 N–H and O–H groups in total. The number of amides is 1. The minimum atomic E-state index is 0.163. The molecule has 1 fully saturated rings. The Morgan fingerprint density at radius 3 is 2.60 bits per heavy atom. The van der Waals surface area contributed by atoms with Gasteiger partial charge in [0.1, 0.15) is 0 Å². The fourth-order valence-corrected chi connectivity index (χ4v) is 2.51. The molecule has 0 bridgehead atoms. The predicted molar refractivity (Wildman–Crippen MR) is 83.7 cm³/mol. The molecule has 1 unspecified atom stereocenters. The van der Waals surface area contributed by atoms with Crippen molar-refractivity contribution < 1.29 is 4.79 Å². The molecular weight excluding hydrogens is 252 g/mol. The number of rotatable bonds is 8. The predicted octanol–water partition coefficient (Wildman–Crippen LogP) is 0.648. The van der Waals surface area contributed by atoms with Gasteiger partial charge >= 0.3 is 0 Å². The molecule has 0 radical (unpaired) electrons. The summed E-state index contributed by atoms with van der Waals surface area (Å²) in [5, 5.41) is 3.04. The third-order valence-corrected chi connectivity index (χ3v) is 4.00.